The first-order valence-corrected chi connectivity index (χ1v) is 11.4. The van der Waals surface area contributed by atoms with E-state index < -0.39 is 0 Å². The quantitative estimate of drug-likeness (QED) is 0.508. The van der Waals surface area contributed by atoms with E-state index in [9.17, 15) is 9.59 Å². The number of carbonyl (C=O) groups excluding carboxylic acids is 1. The predicted octanol–water partition coefficient (Wildman–Crippen LogP) is 1.33. The average Bonchev–Trinajstić information content (AvgIpc) is 3.11. The van der Waals surface area contributed by atoms with E-state index >= 15 is 0 Å². The molecule has 1 aromatic carbocycles. The lowest BCUT2D eigenvalue weighted by atomic mass is 10.3. The zero-order valence-corrected chi connectivity index (χ0v) is 18.6. The Morgan fingerprint density at radius 2 is 1.66 bits per heavy atom. The molecular formula is C23H31N7O2. The van der Waals surface area contributed by atoms with Crippen LogP contribution in [0, 0.1) is 0 Å². The third-order valence-corrected chi connectivity index (χ3v) is 5.98. The maximum atomic E-state index is 12.7. The van der Waals surface area contributed by atoms with Crippen molar-refractivity contribution in [1.29, 1.82) is 0 Å². The Labute approximate surface area is 187 Å². The molecule has 0 radical (unpaired) electrons. The lowest BCUT2D eigenvalue weighted by Gasteiger charge is -2.34. The van der Waals surface area contributed by atoms with Crippen LogP contribution in [0.2, 0.25) is 0 Å². The first-order chi connectivity index (χ1) is 15.7. The van der Waals surface area contributed by atoms with Gasteiger partial charge in [0.25, 0.3) is 0 Å². The highest BCUT2D eigenvalue weighted by Gasteiger charge is 2.18. The van der Waals surface area contributed by atoms with E-state index in [1.807, 2.05) is 37.3 Å². The Morgan fingerprint density at radius 3 is 2.34 bits per heavy atom. The summed E-state index contributed by atoms with van der Waals surface area (Å²) in [7, 11) is 0. The van der Waals surface area contributed by atoms with Gasteiger partial charge in [-0.1, -0.05) is 12.1 Å². The van der Waals surface area contributed by atoms with Gasteiger partial charge in [0.15, 0.2) is 0 Å². The van der Waals surface area contributed by atoms with E-state index in [1.54, 1.807) is 21.5 Å². The summed E-state index contributed by atoms with van der Waals surface area (Å²) in [6.07, 6.45) is 4.75. The summed E-state index contributed by atoms with van der Waals surface area (Å²) in [5, 5.41) is 3.00. The van der Waals surface area contributed by atoms with Gasteiger partial charge in [-0.2, -0.15) is 0 Å². The maximum absolute atomic E-state index is 12.7. The second kappa shape index (κ2) is 10.4. The number of imidazole rings is 1. The van der Waals surface area contributed by atoms with Crippen LogP contribution in [0.5, 0.6) is 0 Å². The number of fused-ring (bicyclic) bond motifs is 1. The van der Waals surface area contributed by atoms with Crippen molar-refractivity contribution < 1.29 is 4.79 Å². The number of anilines is 1. The van der Waals surface area contributed by atoms with Crippen molar-refractivity contribution in [3.63, 3.8) is 0 Å². The third-order valence-electron chi connectivity index (χ3n) is 5.98. The van der Waals surface area contributed by atoms with E-state index in [2.05, 4.69) is 25.1 Å². The van der Waals surface area contributed by atoms with Crippen molar-refractivity contribution in [3.8, 4) is 0 Å². The van der Waals surface area contributed by atoms with Gasteiger partial charge in [-0.05, 0) is 38.1 Å². The topological polar surface area (TPSA) is 88.3 Å². The standard InChI is InChI=1S/C23H31N7O2/c1-2-29-19-7-3-4-8-20(19)30(23(29)32)14-9-21(31)24-12-6-13-27-15-17-28(18-16-27)22-25-10-5-11-26-22/h3-5,7-8,10-11H,2,6,9,12-18H2,1H3,(H,24,31). The second-order valence-electron chi connectivity index (χ2n) is 8.00. The number of nitrogens with zero attached hydrogens (tertiary/aromatic N) is 6. The average molecular weight is 438 g/mol. The number of carbonyl (C=O) groups is 1. The van der Waals surface area contributed by atoms with E-state index in [0.29, 0.717) is 26.1 Å². The Bertz CT molecular complexity index is 1080. The lowest BCUT2D eigenvalue weighted by molar-refractivity contribution is -0.121. The van der Waals surface area contributed by atoms with Crippen LogP contribution in [-0.4, -0.2) is 69.2 Å². The van der Waals surface area contributed by atoms with E-state index in [0.717, 1.165) is 56.1 Å². The molecule has 4 rings (SSSR count). The fraction of sp³-hybridized carbons (Fsp3) is 0.478. The summed E-state index contributed by atoms with van der Waals surface area (Å²) in [4.78, 5) is 38.2. The summed E-state index contributed by atoms with van der Waals surface area (Å²) >= 11 is 0. The molecule has 0 unspecified atom stereocenters. The highest BCUT2D eigenvalue weighted by atomic mass is 16.2. The minimum atomic E-state index is -0.0541. The number of benzene rings is 1. The van der Waals surface area contributed by atoms with E-state index in [-0.39, 0.29) is 11.6 Å². The van der Waals surface area contributed by atoms with Gasteiger partial charge in [0.1, 0.15) is 0 Å². The molecule has 0 atom stereocenters. The van der Waals surface area contributed by atoms with Crippen LogP contribution >= 0.6 is 0 Å². The number of piperazine rings is 1. The minimum Gasteiger partial charge on any atom is -0.356 e. The van der Waals surface area contributed by atoms with Crippen LogP contribution < -0.4 is 15.9 Å². The fourth-order valence-corrected chi connectivity index (χ4v) is 4.25. The van der Waals surface area contributed by atoms with E-state index in [4.69, 9.17) is 0 Å². The Kier molecular flexibility index (Phi) is 7.16. The van der Waals surface area contributed by atoms with Crippen molar-refractivity contribution in [2.45, 2.75) is 32.9 Å². The number of para-hydroxylation sites is 2. The highest BCUT2D eigenvalue weighted by molar-refractivity contribution is 5.78. The number of nitrogens with one attached hydrogen (secondary N) is 1. The van der Waals surface area contributed by atoms with Crippen LogP contribution in [0.4, 0.5) is 5.95 Å². The first-order valence-electron chi connectivity index (χ1n) is 11.4. The second-order valence-corrected chi connectivity index (χ2v) is 8.00. The number of rotatable bonds is 9. The van der Waals surface area contributed by atoms with Gasteiger partial charge in [0.2, 0.25) is 11.9 Å². The largest absolute Gasteiger partial charge is 0.356 e. The monoisotopic (exact) mass is 437 g/mol. The van der Waals surface area contributed by atoms with Gasteiger partial charge in [-0.15, -0.1) is 0 Å². The number of hydrogen-bond acceptors (Lipinski definition) is 6. The Balaban J connectivity index is 1.17. The first kappa shape index (κ1) is 22.0. The molecule has 1 N–H and O–H groups in total. The van der Waals surface area contributed by atoms with Crippen LogP contribution in [0.1, 0.15) is 19.8 Å². The summed E-state index contributed by atoms with van der Waals surface area (Å²) in [5.74, 6) is 0.775. The summed E-state index contributed by atoms with van der Waals surface area (Å²) in [6, 6.07) is 9.56. The van der Waals surface area contributed by atoms with Crippen LogP contribution in [-0.2, 0) is 17.9 Å². The molecule has 0 bridgehead atoms. The fourth-order valence-electron chi connectivity index (χ4n) is 4.25. The molecule has 9 nitrogen and oxygen atoms in total. The van der Waals surface area contributed by atoms with Gasteiger partial charge >= 0.3 is 5.69 Å². The number of amides is 1. The third kappa shape index (κ3) is 4.99. The molecule has 170 valence electrons. The molecule has 1 aliphatic rings. The van der Waals surface area contributed by atoms with Crippen molar-refractivity contribution in [3.05, 3.63) is 53.2 Å². The van der Waals surface area contributed by atoms with Crippen molar-refractivity contribution >= 4 is 22.9 Å². The zero-order chi connectivity index (χ0) is 22.3. The van der Waals surface area contributed by atoms with Gasteiger partial charge in [-0.3, -0.25) is 18.8 Å². The maximum Gasteiger partial charge on any atom is 0.329 e. The van der Waals surface area contributed by atoms with Gasteiger partial charge in [-0.25, -0.2) is 14.8 Å². The number of aromatic nitrogens is 4. The molecule has 0 saturated carbocycles. The number of aryl methyl sites for hydroxylation is 2. The van der Waals surface area contributed by atoms with Crippen molar-refractivity contribution in [2.75, 3.05) is 44.2 Å². The van der Waals surface area contributed by atoms with Crippen molar-refractivity contribution in [1.82, 2.24) is 29.3 Å². The molecule has 0 spiro atoms. The smallest absolute Gasteiger partial charge is 0.329 e. The molecule has 0 aliphatic carbocycles. The normalized spacial score (nSPS) is 14.7. The van der Waals surface area contributed by atoms with Gasteiger partial charge in [0.05, 0.1) is 11.0 Å². The molecule has 2 aromatic heterocycles. The summed E-state index contributed by atoms with van der Waals surface area (Å²) in [5.41, 5.74) is 1.74. The Hall–Kier alpha value is -3.20. The molecule has 1 aliphatic heterocycles. The summed E-state index contributed by atoms with van der Waals surface area (Å²) in [6.45, 7) is 8.33. The zero-order valence-electron chi connectivity index (χ0n) is 18.6. The predicted molar refractivity (Wildman–Crippen MR) is 125 cm³/mol. The highest BCUT2D eigenvalue weighted by Crippen LogP contribution is 2.13. The SMILES string of the molecule is CCn1c(=O)n(CCC(=O)NCCCN2CCN(c3ncccn3)CC2)c2ccccc21. The molecule has 32 heavy (non-hydrogen) atoms. The van der Waals surface area contributed by atoms with Crippen LogP contribution in [0.25, 0.3) is 11.0 Å². The summed E-state index contributed by atoms with van der Waals surface area (Å²) < 4.78 is 3.45. The molecule has 1 amide bonds. The van der Waals surface area contributed by atoms with Crippen LogP contribution in [0.15, 0.2) is 47.5 Å². The lowest BCUT2D eigenvalue weighted by Crippen LogP contribution is -2.47. The molecule has 1 saturated heterocycles. The van der Waals surface area contributed by atoms with Gasteiger partial charge < -0.3 is 10.2 Å². The van der Waals surface area contributed by atoms with Crippen LogP contribution in [0.3, 0.4) is 0 Å². The molecule has 3 aromatic rings. The van der Waals surface area contributed by atoms with E-state index in [1.165, 1.54) is 0 Å². The molecule has 3 heterocycles. The van der Waals surface area contributed by atoms with Gasteiger partial charge in [0, 0.05) is 64.6 Å². The number of hydrogen-bond donors (Lipinski definition) is 1. The Morgan fingerprint density at radius 1 is 0.969 bits per heavy atom. The van der Waals surface area contributed by atoms with Crippen molar-refractivity contribution in [2.24, 2.45) is 0 Å². The minimum absolute atomic E-state index is 0.0173. The molecular weight excluding hydrogens is 406 g/mol. The molecule has 9 heteroatoms. The molecule has 1 fully saturated rings.